The van der Waals surface area contributed by atoms with Crippen molar-refractivity contribution in [3.05, 3.63) is 18.2 Å². The molecule has 3 heteroatoms. The smallest absolute Gasteiger partial charge is 0.162 e. The Morgan fingerprint density at radius 2 is 1.86 bits per heavy atom. The lowest BCUT2D eigenvalue weighted by Gasteiger charge is -2.19. The van der Waals surface area contributed by atoms with Gasteiger partial charge in [-0.25, -0.2) is 0 Å². The predicted octanol–water partition coefficient (Wildman–Crippen LogP) is 4.86. The molecule has 0 saturated heterocycles. The highest BCUT2D eigenvalue weighted by atomic mass is 16.5. The molecule has 1 saturated carbocycles. The van der Waals surface area contributed by atoms with E-state index in [2.05, 4.69) is 18.3 Å². The molecule has 0 spiro atoms. The standard InChI is InChI=1S/C18H29NO2/c1-4-6-14-7-5-8-15(10-9-14)19-16-11-12-17(20-2)18(13-16)21-3/h11-15,19H,4-10H2,1-3H3. The summed E-state index contributed by atoms with van der Waals surface area (Å²) in [4.78, 5) is 0. The Labute approximate surface area is 129 Å². The molecule has 0 aromatic heterocycles. The minimum absolute atomic E-state index is 0.588. The molecule has 1 aromatic rings. The van der Waals surface area contributed by atoms with Gasteiger partial charge in [-0.05, 0) is 37.3 Å². The zero-order valence-corrected chi connectivity index (χ0v) is 13.7. The van der Waals surface area contributed by atoms with Gasteiger partial charge in [-0.1, -0.05) is 32.6 Å². The maximum atomic E-state index is 5.37. The van der Waals surface area contributed by atoms with E-state index in [1.807, 2.05) is 12.1 Å². The van der Waals surface area contributed by atoms with E-state index >= 15 is 0 Å². The second-order valence-electron chi connectivity index (χ2n) is 6.07. The fraction of sp³-hybridized carbons (Fsp3) is 0.667. The Morgan fingerprint density at radius 1 is 1.05 bits per heavy atom. The van der Waals surface area contributed by atoms with Gasteiger partial charge in [0, 0.05) is 17.8 Å². The summed E-state index contributed by atoms with van der Waals surface area (Å²) in [5.74, 6) is 2.51. The molecule has 1 fully saturated rings. The first kappa shape index (κ1) is 16.0. The SMILES string of the molecule is CCCC1CCCC(Nc2ccc(OC)c(OC)c2)CC1. The first-order valence-electron chi connectivity index (χ1n) is 8.25. The van der Waals surface area contributed by atoms with Crippen LogP contribution in [0, 0.1) is 5.92 Å². The summed E-state index contributed by atoms with van der Waals surface area (Å²) < 4.78 is 10.7. The summed E-state index contributed by atoms with van der Waals surface area (Å²) in [5.41, 5.74) is 1.13. The van der Waals surface area contributed by atoms with Gasteiger partial charge in [0.25, 0.3) is 0 Å². The van der Waals surface area contributed by atoms with Crippen LogP contribution in [0.2, 0.25) is 0 Å². The van der Waals surface area contributed by atoms with Gasteiger partial charge in [-0.3, -0.25) is 0 Å². The van der Waals surface area contributed by atoms with E-state index in [0.717, 1.165) is 23.1 Å². The first-order chi connectivity index (χ1) is 10.3. The molecule has 1 aliphatic carbocycles. The Balaban J connectivity index is 1.95. The molecule has 118 valence electrons. The van der Waals surface area contributed by atoms with Crippen molar-refractivity contribution in [2.24, 2.45) is 5.92 Å². The normalized spacial score (nSPS) is 22.4. The number of benzene rings is 1. The van der Waals surface area contributed by atoms with Gasteiger partial charge in [-0.2, -0.15) is 0 Å². The summed E-state index contributed by atoms with van der Waals surface area (Å²) >= 11 is 0. The van der Waals surface area contributed by atoms with Gasteiger partial charge in [0.15, 0.2) is 11.5 Å². The molecule has 3 nitrogen and oxygen atoms in total. The van der Waals surface area contributed by atoms with Gasteiger partial charge in [-0.15, -0.1) is 0 Å². The second-order valence-corrected chi connectivity index (χ2v) is 6.07. The molecule has 0 radical (unpaired) electrons. The van der Waals surface area contributed by atoms with Crippen LogP contribution in [0.5, 0.6) is 11.5 Å². The van der Waals surface area contributed by atoms with Crippen molar-refractivity contribution in [3.63, 3.8) is 0 Å². The van der Waals surface area contributed by atoms with E-state index in [1.165, 1.54) is 44.9 Å². The third-order valence-corrected chi connectivity index (χ3v) is 4.54. The summed E-state index contributed by atoms with van der Waals surface area (Å²) in [6.45, 7) is 2.30. The Hall–Kier alpha value is -1.38. The zero-order valence-electron chi connectivity index (χ0n) is 13.7. The van der Waals surface area contributed by atoms with Crippen LogP contribution in [0.15, 0.2) is 18.2 Å². The van der Waals surface area contributed by atoms with Crippen LogP contribution in [0.25, 0.3) is 0 Å². The van der Waals surface area contributed by atoms with Crippen LogP contribution in [0.4, 0.5) is 5.69 Å². The quantitative estimate of drug-likeness (QED) is 0.759. The van der Waals surface area contributed by atoms with Crippen LogP contribution in [-0.4, -0.2) is 20.3 Å². The van der Waals surface area contributed by atoms with E-state index in [9.17, 15) is 0 Å². The van der Waals surface area contributed by atoms with E-state index in [1.54, 1.807) is 14.2 Å². The van der Waals surface area contributed by atoms with Crippen molar-refractivity contribution >= 4 is 5.69 Å². The topological polar surface area (TPSA) is 30.5 Å². The molecule has 1 aromatic carbocycles. The van der Waals surface area contributed by atoms with Crippen LogP contribution >= 0.6 is 0 Å². The Kier molecular flexibility index (Phi) is 6.21. The van der Waals surface area contributed by atoms with Crippen LogP contribution in [0.1, 0.15) is 51.9 Å². The average molecular weight is 291 g/mol. The van der Waals surface area contributed by atoms with Gasteiger partial charge in [0.1, 0.15) is 0 Å². The molecule has 2 unspecified atom stereocenters. The van der Waals surface area contributed by atoms with Crippen molar-refractivity contribution in [2.75, 3.05) is 19.5 Å². The maximum absolute atomic E-state index is 5.37. The van der Waals surface area contributed by atoms with Gasteiger partial charge >= 0.3 is 0 Å². The molecular formula is C18H29NO2. The number of methoxy groups -OCH3 is 2. The van der Waals surface area contributed by atoms with Crippen molar-refractivity contribution < 1.29 is 9.47 Å². The molecule has 1 N–H and O–H groups in total. The molecule has 2 atom stereocenters. The van der Waals surface area contributed by atoms with Crippen LogP contribution in [0.3, 0.4) is 0 Å². The lowest BCUT2D eigenvalue weighted by atomic mass is 9.95. The number of ether oxygens (including phenoxy) is 2. The van der Waals surface area contributed by atoms with E-state index in [-0.39, 0.29) is 0 Å². The molecule has 0 amide bonds. The predicted molar refractivity (Wildman–Crippen MR) is 88.4 cm³/mol. The molecule has 0 heterocycles. The van der Waals surface area contributed by atoms with Crippen LogP contribution in [-0.2, 0) is 0 Å². The van der Waals surface area contributed by atoms with Gasteiger partial charge in [0.05, 0.1) is 14.2 Å². The third kappa shape index (κ3) is 4.55. The molecule has 0 bridgehead atoms. The number of anilines is 1. The molecule has 1 aliphatic rings. The first-order valence-corrected chi connectivity index (χ1v) is 8.25. The largest absolute Gasteiger partial charge is 0.493 e. The van der Waals surface area contributed by atoms with Gasteiger partial charge < -0.3 is 14.8 Å². The highest BCUT2D eigenvalue weighted by molar-refractivity contribution is 5.55. The molecule has 21 heavy (non-hydrogen) atoms. The average Bonchev–Trinajstić information content (AvgIpc) is 2.73. The second kappa shape index (κ2) is 8.16. The minimum atomic E-state index is 0.588. The van der Waals surface area contributed by atoms with Crippen molar-refractivity contribution in [2.45, 2.75) is 57.9 Å². The van der Waals surface area contributed by atoms with Crippen molar-refractivity contribution in [1.29, 1.82) is 0 Å². The fourth-order valence-corrected chi connectivity index (χ4v) is 3.38. The maximum Gasteiger partial charge on any atom is 0.162 e. The number of hydrogen-bond donors (Lipinski definition) is 1. The number of hydrogen-bond acceptors (Lipinski definition) is 3. The summed E-state index contributed by atoms with van der Waals surface area (Å²) in [6, 6.07) is 6.67. The van der Waals surface area contributed by atoms with Crippen LogP contribution < -0.4 is 14.8 Å². The number of rotatable bonds is 6. The molecule has 2 rings (SSSR count). The van der Waals surface area contributed by atoms with Crippen molar-refractivity contribution in [3.8, 4) is 11.5 Å². The molecular weight excluding hydrogens is 262 g/mol. The number of nitrogens with one attached hydrogen (secondary N) is 1. The lowest BCUT2D eigenvalue weighted by Crippen LogP contribution is -2.18. The van der Waals surface area contributed by atoms with E-state index in [0.29, 0.717) is 6.04 Å². The molecule has 0 aliphatic heterocycles. The third-order valence-electron chi connectivity index (χ3n) is 4.54. The lowest BCUT2D eigenvalue weighted by molar-refractivity contribution is 0.355. The summed E-state index contributed by atoms with van der Waals surface area (Å²) in [6.07, 6.45) is 9.36. The Bertz CT molecular complexity index is 433. The monoisotopic (exact) mass is 291 g/mol. The zero-order chi connectivity index (χ0) is 15.1. The van der Waals surface area contributed by atoms with Crippen molar-refractivity contribution in [1.82, 2.24) is 0 Å². The summed E-state index contributed by atoms with van der Waals surface area (Å²) in [5, 5.41) is 3.67. The van der Waals surface area contributed by atoms with E-state index in [4.69, 9.17) is 9.47 Å². The summed E-state index contributed by atoms with van der Waals surface area (Å²) in [7, 11) is 3.35. The highest BCUT2D eigenvalue weighted by Gasteiger charge is 2.18. The minimum Gasteiger partial charge on any atom is -0.493 e. The van der Waals surface area contributed by atoms with Gasteiger partial charge in [0.2, 0.25) is 0 Å². The Morgan fingerprint density at radius 3 is 2.57 bits per heavy atom. The van der Waals surface area contributed by atoms with E-state index < -0.39 is 0 Å². The highest BCUT2D eigenvalue weighted by Crippen LogP contribution is 2.32. The fourth-order valence-electron chi connectivity index (χ4n) is 3.38.